The maximum atomic E-state index is 6.49. The standard InChI is InChI=1S/2C63H38O2/c1-3-17-40(18-4-1)63(41-19-5-2-6-20-41)54-30-10-7-21-44(54)45-36-35-39(37-55(45)63)60-48-26-13-24-42(46-28-15-33-58-61(46)50-22-8-11-31-56(50)64-58)52(48)38-53-43(25-14-27-49(53)60)47-29-16-34-59-62(47)51-23-9-12-32-57(51)65-59;1-3-15-42(16-4-1)63(43-17-5-2-6-18-43)56-26-10-7-19-46(56)47-32-29-41(37-57(47)63)62-50-24-13-22-44(39-30-33-60-54(35-39)48-20-8-11-27-58(48)64-60)52(50)38-53-45(23-14-25-51(53)62)40-31-34-61-55(36-40)49-21-9-12-28-59(49)65-61/h2*1-38H. The largest absolute Gasteiger partial charge is 0.456 e. The first-order valence-electron chi connectivity index (χ1n) is 44.8. The van der Waals surface area contributed by atoms with Crippen molar-refractivity contribution in [2.75, 3.05) is 0 Å². The first-order valence-corrected chi connectivity index (χ1v) is 44.8. The van der Waals surface area contributed by atoms with Gasteiger partial charge in [-0.2, -0.15) is 0 Å². The number of rotatable bonds is 10. The predicted molar refractivity (Wildman–Crippen MR) is 539 cm³/mol. The second-order valence-corrected chi connectivity index (χ2v) is 34.9. The zero-order valence-corrected chi connectivity index (χ0v) is 70.5. The molecule has 28 rings (SSSR count). The summed E-state index contributed by atoms with van der Waals surface area (Å²) >= 11 is 0. The van der Waals surface area contributed by atoms with E-state index in [-0.39, 0.29) is 0 Å². The van der Waals surface area contributed by atoms with Crippen molar-refractivity contribution < 1.29 is 17.7 Å². The minimum absolute atomic E-state index is 0.521. The molecule has 2 aliphatic carbocycles. The molecule has 22 aromatic carbocycles. The lowest BCUT2D eigenvalue weighted by Gasteiger charge is -2.34. The van der Waals surface area contributed by atoms with E-state index < -0.39 is 10.8 Å². The van der Waals surface area contributed by atoms with Gasteiger partial charge in [-0.1, -0.05) is 376 Å². The number of hydrogen-bond donors (Lipinski definition) is 0. The van der Waals surface area contributed by atoms with E-state index >= 15 is 0 Å². The molecular weight excluding hydrogens is 1580 g/mol. The maximum Gasteiger partial charge on any atom is 0.136 e. The summed E-state index contributed by atoms with van der Waals surface area (Å²) in [6.07, 6.45) is 0. The zero-order valence-electron chi connectivity index (χ0n) is 70.5. The van der Waals surface area contributed by atoms with E-state index in [2.05, 4.69) is 437 Å². The fourth-order valence-electron chi connectivity index (χ4n) is 22.9. The van der Waals surface area contributed by atoms with Crippen molar-refractivity contribution in [1.29, 1.82) is 0 Å². The lowest BCUT2D eigenvalue weighted by atomic mass is 9.67. The fraction of sp³-hybridized carbons (Fsp3) is 0.0159. The van der Waals surface area contributed by atoms with Crippen molar-refractivity contribution in [2.45, 2.75) is 10.8 Å². The molecule has 4 nitrogen and oxygen atoms in total. The monoisotopic (exact) mass is 1650 g/mol. The quantitative estimate of drug-likeness (QED) is 0.128. The van der Waals surface area contributed by atoms with Crippen molar-refractivity contribution >= 4 is 131 Å². The van der Waals surface area contributed by atoms with Crippen molar-refractivity contribution in [1.82, 2.24) is 0 Å². The molecule has 4 heteroatoms. The Bertz CT molecular complexity index is 8760. The molecule has 2 aliphatic rings. The number of para-hydroxylation sites is 4. The number of furan rings is 4. The summed E-state index contributed by atoms with van der Waals surface area (Å²) in [5.41, 5.74) is 35.5. The minimum Gasteiger partial charge on any atom is -0.456 e. The molecule has 0 N–H and O–H groups in total. The summed E-state index contributed by atoms with van der Waals surface area (Å²) in [6, 6.07) is 169. The summed E-state index contributed by atoms with van der Waals surface area (Å²) in [5, 5.41) is 18.6. The summed E-state index contributed by atoms with van der Waals surface area (Å²) < 4.78 is 25.6. The molecule has 604 valence electrons. The second kappa shape index (κ2) is 28.8. The van der Waals surface area contributed by atoms with Crippen LogP contribution in [0, 0.1) is 0 Å². The highest BCUT2D eigenvalue weighted by molar-refractivity contribution is 6.25. The highest BCUT2D eigenvalue weighted by atomic mass is 16.3. The molecule has 4 heterocycles. The van der Waals surface area contributed by atoms with Crippen molar-refractivity contribution in [3.63, 3.8) is 0 Å². The van der Waals surface area contributed by atoms with Gasteiger partial charge in [-0.25, -0.2) is 0 Å². The highest BCUT2D eigenvalue weighted by Crippen LogP contribution is 2.61. The lowest BCUT2D eigenvalue weighted by Crippen LogP contribution is -2.28. The topological polar surface area (TPSA) is 52.6 Å². The third kappa shape index (κ3) is 10.8. The smallest absolute Gasteiger partial charge is 0.136 e. The number of hydrogen-bond acceptors (Lipinski definition) is 4. The van der Waals surface area contributed by atoms with Gasteiger partial charge in [0.2, 0.25) is 0 Å². The lowest BCUT2D eigenvalue weighted by molar-refractivity contribution is 0.668. The van der Waals surface area contributed by atoms with Gasteiger partial charge in [0, 0.05) is 43.1 Å². The molecule has 0 bridgehead atoms. The fourth-order valence-corrected chi connectivity index (χ4v) is 22.9. The predicted octanol–water partition coefficient (Wildman–Crippen LogP) is 34.3. The zero-order chi connectivity index (χ0) is 85.3. The van der Waals surface area contributed by atoms with Crippen LogP contribution >= 0.6 is 0 Å². The molecular formula is C126H76O4. The second-order valence-electron chi connectivity index (χ2n) is 34.9. The van der Waals surface area contributed by atoms with E-state index in [1.165, 1.54) is 154 Å². The Morgan fingerprint density at radius 3 is 0.785 bits per heavy atom. The third-order valence-electron chi connectivity index (χ3n) is 28.3. The Morgan fingerprint density at radius 1 is 0.131 bits per heavy atom. The van der Waals surface area contributed by atoms with Gasteiger partial charge in [-0.3, -0.25) is 0 Å². The Labute approximate surface area is 748 Å². The molecule has 0 unspecified atom stereocenters. The van der Waals surface area contributed by atoms with Gasteiger partial charge in [-0.15, -0.1) is 0 Å². The average Bonchev–Trinajstić information content (AvgIpc) is 1.62. The van der Waals surface area contributed by atoms with E-state index in [4.69, 9.17) is 17.7 Å². The Kier molecular flexibility index (Phi) is 16.3. The van der Waals surface area contributed by atoms with Crippen LogP contribution in [0.2, 0.25) is 0 Å². The van der Waals surface area contributed by atoms with Gasteiger partial charge in [-0.05, 0) is 262 Å². The highest BCUT2D eigenvalue weighted by Gasteiger charge is 2.48. The number of benzene rings is 22. The van der Waals surface area contributed by atoms with Crippen LogP contribution in [0.25, 0.3) is 220 Å². The van der Waals surface area contributed by atoms with Gasteiger partial charge in [0.25, 0.3) is 0 Å². The molecule has 0 saturated heterocycles. The van der Waals surface area contributed by atoms with E-state index in [0.717, 1.165) is 110 Å². The molecule has 0 saturated carbocycles. The van der Waals surface area contributed by atoms with Gasteiger partial charge in [0.05, 0.1) is 10.8 Å². The normalized spacial score (nSPS) is 13.0. The molecule has 0 spiro atoms. The van der Waals surface area contributed by atoms with Gasteiger partial charge in [0.15, 0.2) is 0 Å². The van der Waals surface area contributed by atoms with Crippen LogP contribution in [-0.2, 0) is 10.8 Å². The Morgan fingerprint density at radius 2 is 0.392 bits per heavy atom. The van der Waals surface area contributed by atoms with Crippen LogP contribution < -0.4 is 0 Å². The van der Waals surface area contributed by atoms with Crippen LogP contribution in [0.1, 0.15) is 44.5 Å². The number of fused-ring (bicyclic) bond motifs is 22. The van der Waals surface area contributed by atoms with Crippen LogP contribution in [0.15, 0.2) is 479 Å². The van der Waals surface area contributed by atoms with E-state index in [9.17, 15) is 0 Å². The van der Waals surface area contributed by atoms with Gasteiger partial charge >= 0.3 is 0 Å². The van der Waals surface area contributed by atoms with Crippen LogP contribution in [0.4, 0.5) is 0 Å². The Hall–Kier alpha value is -16.9. The van der Waals surface area contributed by atoms with Gasteiger partial charge < -0.3 is 17.7 Å². The van der Waals surface area contributed by atoms with Crippen LogP contribution in [-0.4, -0.2) is 0 Å². The first-order chi connectivity index (χ1) is 64.5. The molecule has 0 radical (unpaired) electrons. The van der Waals surface area contributed by atoms with Crippen LogP contribution in [0.5, 0.6) is 0 Å². The van der Waals surface area contributed by atoms with Gasteiger partial charge in [0.1, 0.15) is 44.7 Å². The summed E-state index contributed by atoms with van der Waals surface area (Å²) in [6.45, 7) is 0. The summed E-state index contributed by atoms with van der Waals surface area (Å²) in [5.74, 6) is 0. The molecule has 130 heavy (non-hydrogen) atoms. The Balaban J connectivity index is 0.000000134. The summed E-state index contributed by atoms with van der Waals surface area (Å²) in [4.78, 5) is 0. The summed E-state index contributed by atoms with van der Waals surface area (Å²) in [7, 11) is 0. The van der Waals surface area contributed by atoms with Crippen molar-refractivity contribution in [2.24, 2.45) is 0 Å². The van der Waals surface area contributed by atoms with E-state index in [1.54, 1.807) is 0 Å². The molecule has 4 aromatic heterocycles. The van der Waals surface area contributed by atoms with Crippen LogP contribution in [0.3, 0.4) is 0 Å². The molecule has 0 aliphatic heterocycles. The van der Waals surface area contributed by atoms with Crippen molar-refractivity contribution in [3.05, 3.63) is 506 Å². The first kappa shape index (κ1) is 73.4. The molecule has 26 aromatic rings. The SMILES string of the molecule is c1ccc(C2(c3ccccc3)c3ccccc3-c3ccc(-c4c5cccc(-c6ccc7oc8ccccc8c7c6)c5cc5c(-c6ccc7oc8ccccc8c7c6)cccc45)cc32)cc1.c1ccc(C2(c3ccccc3)c3ccccc3-c3ccc(-c4c5cccc(-c6cccc7oc8ccccc8c67)c5cc5c(-c6cccc7oc8ccccc8c67)cccc45)cc32)cc1. The molecule has 0 amide bonds. The maximum absolute atomic E-state index is 6.49. The van der Waals surface area contributed by atoms with E-state index in [1.807, 2.05) is 24.3 Å². The van der Waals surface area contributed by atoms with E-state index in [0.29, 0.717) is 0 Å². The molecule has 0 fully saturated rings. The van der Waals surface area contributed by atoms with Crippen molar-refractivity contribution in [3.8, 4) is 89.0 Å². The average molecular weight is 1650 g/mol. The third-order valence-corrected chi connectivity index (χ3v) is 28.3. The minimum atomic E-state index is -0.531. The molecule has 0 atom stereocenters.